The Labute approximate surface area is 196 Å². The Bertz CT molecular complexity index is 1030. The van der Waals surface area contributed by atoms with Gasteiger partial charge in [-0.1, -0.05) is 20.0 Å². The maximum Gasteiger partial charge on any atom is 1.00 e. The van der Waals surface area contributed by atoms with Gasteiger partial charge < -0.3 is 34.4 Å². The van der Waals surface area contributed by atoms with E-state index >= 15 is 0 Å². The molecule has 0 aliphatic carbocycles. The molecule has 0 saturated carbocycles. The Morgan fingerprint density at radius 1 is 1.29 bits per heavy atom. The van der Waals surface area contributed by atoms with Crippen molar-refractivity contribution in [2.24, 2.45) is 7.05 Å². The third kappa shape index (κ3) is 6.29. The Morgan fingerprint density at radius 2 is 2.00 bits per heavy atom. The van der Waals surface area contributed by atoms with Gasteiger partial charge in [-0.25, -0.2) is 9.78 Å². The summed E-state index contributed by atoms with van der Waals surface area (Å²) in [6, 6.07) is 7.21. The molecule has 9 heteroatoms. The van der Waals surface area contributed by atoms with Crippen LogP contribution >= 0.6 is 0 Å². The Morgan fingerprint density at radius 3 is 2.65 bits per heavy atom. The molecule has 4 rings (SSSR count). The van der Waals surface area contributed by atoms with E-state index in [-0.39, 0.29) is 24.9 Å². The number of amides is 2. The fourth-order valence-electron chi connectivity index (χ4n) is 3.29. The van der Waals surface area contributed by atoms with Crippen LogP contribution < -0.4 is 34.4 Å². The van der Waals surface area contributed by atoms with Crippen LogP contribution in [0.4, 0.5) is 16.3 Å². The second-order valence-electron chi connectivity index (χ2n) is 7.53. The predicted octanol–water partition coefficient (Wildman–Crippen LogP) is 0.0917. The average molecular weight is 413 g/mol. The topological polar surface area (TPSA) is 88.0 Å². The quantitative estimate of drug-likeness (QED) is 0.470. The molecule has 2 amide bonds. The van der Waals surface area contributed by atoms with E-state index < -0.39 is 0 Å². The molecular formula is C22H28LiN7O-2. The van der Waals surface area contributed by atoms with Gasteiger partial charge >= 0.3 is 24.9 Å². The van der Waals surface area contributed by atoms with Crippen molar-refractivity contribution in [1.82, 2.24) is 25.1 Å². The van der Waals surface area contributed by atoms with Gasteiger partial charge in [0.05, 0.1) is 11.4 Å². The molecule has 1 aliphatic rings. The summed E-state index contributed by atoms with van der Waals surface area (Å²) in [5.74, 6) is 0.679. The minimum absolute atomic E-state index is 0. The van der Waals surface area contributed by atoms with Crippen molar-refractivity contribution in [2.45, 2.75) is 39.3 Å². The van der Waals surface area contributed by atoms with Gasteiger partial charge in [-0.05, 0) is 19.4 Å². The van der Waals surface area contributed by atoms with E-state index in [2.05, 4.69) is 45.6 Å². The van der Waals surface area contributed by atoms with Crippen molar-refractivity contribution in [1.29, 1.82) is 0 Å². The molecule has 0 unspecified atom stereocenters. The van der Waals surface area contributed by atoms with Crippen LogP contribution in [0, 0.1) is 26.8 Å². The number of aromatic nitrogens is 4. The first-order valence-corrected chi connectivity index (χ1v) is 9.92. The van der Waals surface area contributed by atoms with Gasteiger partial charge in [0.25, 0.3) is 0 Å². The van der Waals surface area contributed by atoms with Crippen LogP contribution in [0.2, 0.25) is 0 Å². The second kappa shape index (κ2) is 10.8. The summed E-state index contributed by atoms with van der Waals surface area (Å²) in [4.78, 5) is 22.9. The number of nitrogens with zero attached hydrogens (tertiary/aromatic N) is 5. The fourth-order valence-corrected chi connectivity index (χ4v) is 3.29. The van der Waals surface area contributed by atoms with Crippen molar-refractivity contribution >= 4 is 28.6 Å². The molecule has 2 N–H and O–H groups in total. The van der Waals surface area contributed by atoms with E-state index in [1.165, 1.54) is 0 Å². The molecule has 0 bridgehead atoms. The van der Waals surface area contributed by atoms with E-state index in [4.69, 9.17) is 0 Å². The van der Waals surface area contributed by atoms with Crippen molar-refractivity contribution in [2.75, 3.05) is 16.8 Å². The molecule has 0 spiro atoms. The molecule has 0 aromatic carbocycles. The zero-order valence-corrected chi connectivity index (χ0v) is 18.9. The van der Waals surface area contributed by atoms with Crippen LogP contribution in [0.3, 0.4) is 0 Å². The molecule has 4 heterocycles. The Hall–Kier alpha value is -2.40. The first-order valence-electron chi connectivity index (χ1n) is 9.92. The van der Waals surface area contributed by atoms with E-state index in [1.807, 2.05) is 40.1 Å². The SMILES string of the molecule is Cc1nc2nn(C)cc2cc1NC(=O)N1CCc2[c-]ccnc21.[CH2-][C@H](C)N[C@@H]([CH2-])C.[Li+]. The van der Waals surface area contributed by atoms with Crippen LogP contribution in [0.15, 0.2) is 24.5 Å². The van der Waals surface area contributed by atoms with E-state index in [0.29, 0.717) is 35.8 Å². The summed E-state index contributed by atoms with van der Waals surface area (Å²) in [6.45, 7) is 13.9. The van der Waals surface area contributed by atoms with E-state index in [9.17, 15) is 4.79 Å². The zero-order chi connectivity index (χ0) is 21.8. The van der Waals surface area contributed by atoms with Crippen LogP contribution in [0.1, 0.15) is 25.1 Å². The molecule has 160 valence electrons. The number of anilines is 2. The molecule has 0 fully saturated rings. The van der Waals surface area contributed by atoms with Gasteiger partial charge in [-0.15, -0.1) is 17.6 Å². The van der Waals surface area contributed by atoms with Crippen LogP contribution in [-0.4, -0.2) is 44.4 Å². The van der Waals surface area contributed by atoms with Gasteiger partial charge in [0.2, 0.25) is 0 Å². The standard InChI is InChI=1S/C16H15N6O.C6H13N.Li/c1-10-13(8-12-9-21(2)20-14(12)18-10)19-16(23)22-7-5-11-4-3-6-17-15(11)22;1-5(2)7-6(3)4;/h3,6,8-9H,5,7H2,1-2H3,(H,19,23);5-7H,1,3H2,2,4H3;/q-1;-2;+1/t;5-,6+;. The van der Waals surface area contributed by atoms with Crippen molar-refractivity contribution in [3.63, 3.8) is 0 Å². The van der Waals surface area contributed by atoms with Crippen LogP contribution in [0.25, 0.3) is 11.0 Å². The summed E-state index contributed by atoms with van der Waals surface area (Å²) in [5.41, 5.74) is 3.06. The Balaban J connectivity index is 0.000000373. The zero-order valence-electron chi connectivity index (χ0n) is 18.9. The first kappa shape index (κ1) is 24.9. The molecule has 8 nitrogen and oxygen atoms in total. The monoisotopic (exact) mass is 413 g/mol. The minimum atomic E-state index is -0.205. The van der Waals surface area contributed by atoms with Gasteiger partial charge in [-0.3, -0.25) is 4.68 Å². The molecule has 1 aliphatic heterocycles. The minimum Gasteiger partial charge on any atom is -0.371 e. The summed E-state index contributed by atoms with van der Waals surface area (Å²) in [7, 11) is 1.85. The normalized spacial score (nSPS) is 14.2. The maximum absolute atomic E-state index is 12.6. The van der Waals surface area contributed by atoms with Crippen molar-refractivity contribution in [3.05, 3.63) is 55.7 Å². The molecular weight excluding hydrogens is 385 g/mol. The second-order valence-corrected chi connectivity index (χ2v) is 7.53. The maximum atomic E-state index is 12.6. The molecule has 0 radical (unpaired) electrons. The number of hydrogen-bond acceptors (Lipinski definition) is 5. The van der Waals surface area contributed by atoms with E-state index in [1.54, 1.807) is 21.8 Å². The predicted molar refractivity (Wildman–Crippen MR) is 119 cm³/mol. The van der Waals surface area contributed by atoms with Gasteiger partial charge in [0.1, 0.15) is 0 Å². The molecule has 0 saturated heterocycles. The average Bonchev–Trinajstić information content (AvgIpc) is 3.23. The number of aryl methyl sites for hydroxylation is 2. The summed E-state index contributed by atoms with van der Waals surface area (Å²) in [5, 5.41) is 11.2. The largest absolute Gasteiger partial charge is 1.00 e. The smallest absolute Gasteiger partial charge is 0.371 e. The molecule has 3 aromatic heterocycles. The number of hydrogen-bond donors (Lipinski definition) is 2. The van der Waals surface area contributed by atoms with Gasteiger partial charge in [0.15, 0.2) is 5.65 Å². The number of rotatable bonds is 3. The van der Waals surface area contributed by atoms with Gasteiger partial charge in [0, 0.05) is 31.0 Å². The molecule has 2 atom stereocenters. The number of fused-ring (bicyclic) bond motifs is 2. The van der Waals surface area contributed by atoms with Crippen molar-refractivity contribution < 1.29 is 23.7 Å². The number of nitrogens with one attached hydrogen (secondary N) is 2. The molecule has 31 heavy (non-hydrogen) atoms. The Kier molecular flexibility index (Phi) is 8.63. The molecule has 3 aromatic rings. The number of carbonyl (C=O) groups excluding carboxylic acids is 1. The number of carbonyl (C=O) groups is 1. The third-order valence-electron chi connectivity index (χ3n) is 4.50. The first-order chi connectivity index (χ1) is 14.2. The van der Waals surface area contributed by atoms with Crippen molar-refractivity contribution in [3.8, 4) is 0 Å². The van der Waals surface area contributed by atoms with E-state index in [0.717, 1.165) is 23.1 Å². The number of urea groups is 1. The summed E-state index contributed by atoms with van der Waals surface area (Å²) in [6.07, 6.45) is 4.30. The summed E-state index contributed by atoms with van der Waals surface area (Å²) >= 11 is 0. The summed E-state index contributed by atoms with van der Waals surface area (Å²) < 4.78 is 1.71. The fraction of sp³-hybridized carbons (Fsp3) is 0.364. The number of pyridine rings is 2. The van der Waals surface area contributed by atoms with Gasteiger partial charge in [-0.2, -0.15) is 17.2 Å². The van der Waals surface area contributed by atoms with Crippen LogP contribution in [0.5, 0.6) is 0 Å². The van der Waals surface area contributed by atoms with Crippen LogP contribution in [-0.2, 0) is 13.5 Å². The third-order valence-corrected chi connectivity index (χ3v) is 4.50.